The third-order valence-corrected chi connectivity index (χ3v) is 6.75. The van der Waals surface area contributed by atoms with Gasteiger partial charge in [-0.25, -0.2) is 0 Å². The summed E-state index contributed by atoms with van der Waals surface area (Å²) in [5, 5.41) is 9.12. The minimum atomic E-state index is -1.07. The van der Waals surface area contributed by atoms with Crippen molar-refractivity contribution in [3.05, 3.63) is 29.3 Å². The molecule has 0 aromatic heterocycles. The van der Waals surface area contributed by atoms with Gasteiger partial charge in [-0.05, 0) is 42.7 Å². The molecule has 8 nitrogen and oxygen atoms in total. The maximum absolute atomic E-state index is 13.0. The number of anilines is 1. The molecule has 0 radical (unpaired) electrons. The van der Waals surface area contributed by atoms with Gasteiger partial charge in [0.15, 0.2) is 5.78 Å². The van der Waals surface area contributed by atoms with Gasteiger partial charge >= 0.3 is 0 Å². The predicted molar refractivity (Wildman–Crippen MR) is 104 cm³/mol. The van der Waals surface area contributed by atoms with Crippen molar-refractivity contribution in [2.45, 2.75) is 31.7 Å². The van der Waals surface area contributed by atoms with Crippen LogP contribution in [-0.4, -0.2) is 60.6 Å². The number of nitrogens with one attached hydrogen (secondary N) is 3. The van der Waals surface area contributed by atoms with E-state index in [1.807, 2.05) is 0 Å². The average Bonchev–Trinajstić information content (AvgIpc) is 2.89. The first kappa shape index (κ1) is 18.3. The summed E-state index contributed by atoms with van der Waals surface area (Å²) >= 11 is 0. The number of benzene rings is 1. The molecule has 1 aromatic carbocycles. The van der Waals surface area contributed by atoms with E-state index < -0.39 is 23.8 Å². The summed E-state index contributed by atoms with van der Waals surface area (Å²) in [4.78, 5) is 50.8. The van der Waals surface area contributed by atoms with Crippen LogP contribution in [0.3, 0.4) is 0 Å². The molecule has 1 spiro atoms. The number of nitrogens with zero attached hydrogens (tertiary/aromatic N) is 1. The third-order valence-electron chi connectivity index (χ3n) is 6.75. The molecule has 0 bridgehead atoms. The summed E-state index contributed by atoms with van der Waals surface area (Å²) in [5.41, 5.74) is 1.75. The minimum Gasteiger partial charge on any atom is -0.384 e. The van der Waals surface area contributed by atoms with E-state index in [4.69, 9.17) is 0 Å². The van der Waals surface area contributed by atoms with Crippen molar-refractivity contribution in [3.8, 4) is 0 Å². The van der Waals surface area contributed by atoms with Crippen LogP contribution in [0.1, 0.15) is 46.4 Å². The van der Waals surface area contributed by atoms with E-state index in [1.165, 1.54) is 12.8 Å². The molecule has 1 atom stereocenters. The minimum absolute atomic E-state index is 0.0518. The zero-order chi connectivity index (χ0) is 20.2. The number of fused-ring (bicyclic) bond motifs is 1. The Morgan fingerprint density at radius 2 is 1.90 bits per heavy atom. The standard InChI is InChI=1S/C21H24N4O4/c26-13-6-16(18(27)24-9-13)25-19(28)14-2-1-3-15(17(14)20(25)29)23-5-4-12-7-21(8-12)10-22-11-21/h1-3,12,16,22-23H,4-11H2,(H,24,27). The van der Waals surface area contributed by atoms with Crippen LogP contribution in [0.25, 0.3) is 0 Å². The molecule has 8 heteroatoms. The van der Waals surface area contributed by atoms with Crippen LogP contribution in [0.2, 0.25) is 0 Å². The van der Waals surface area contributed by atoms with Gasteiger partial charge < -0.3 is 16.0 Å². The summed E-state index contributed by atoms with van der Waals surface area (Å²) in [7, 11) is 0. The molecular formula is C21H24N4O4. The number of hydrogen-bond donors (Lipinski definition) is 3. The second-order valence-corrected chi connectivity index (χ2v) is 8.78. The van der Waals surface area contributed by atoms with Gasteiger partial charge in [0.1, 0.15) is 6.04 Å². The van der Waals surface area contributed by atoms with Crippen molar-refractivity contribution in [2.75, 3.05) is 31.5 Å². The van der Waals surface area contributed by atoms with Crippen molar-refractivity contribution < 1.29 is 19.2 Å². The number of rotatable bonds is 5. The van der Waals surface area contributed by atoms with Crippen LogP contribution in [0, 0.1) is 11.3 Å². The fourth-order valence-electron chi connectivity index (χ4n) is 5.17. The molecule has 1 aromatic rings. The van der Waals surface area contributed by atoms with Crippen LogP contribution in [-0.2, 0) is 9.59 Å². The van der Waals surface area contributed by atoms with E-state index in [2.05, 4.69) is 16.0 Å². The second-order valence-electron chi connectivity index (χ2n) is 8.78. The van der Waals surface area contributed by atoms with Crippen LogP contribution >= 0.6 is 0 Å². The monoisotopic (exact) mass is 396 g/mol. The molecule has 3 aliphatic heterocycles. The van der Waals surface area contributed by atoms with E-state index in [1.54, 1.807) is 18.2 Å². The average molecular weight is 396 g/mol. The lowest BCUT2D eigenvalue weighted by Crippen LogP contribution is -2.60. The van der Waals surface area contributed by atoms with Crippen LogP contribution in [0.5, 0.6) is 0 Å². The van der Waals surface area contributed by atoms with Crippen LogP contribution in [0.4, 0.5) is 5.69 Å². The molecule has 152 valence electrons. The Balaban J connectivity index is 1.28. The zero-order valence-corrected chi connectivity index (χ0v) is 16.1. The third kappa shape index (κ3) is 2.93. The van der Waals surface area contributed by atoms with Crippen LogP contribution < -0.4 is 16.0 Å². The van der Waals surface area contributed by atoms with Crippen molar-refractivity contribution in [1.29, 1.82) is 0 Å². The first-order valence-electron chi connectivity index (χ1n) is 10.2. The topological polar surface area (TPSA) is 108 Å². The number of Topliss-reactive ketones (excluding diaryl/α,β-unsaturated/α-hetero) is 1. The highest BCUT2D eigenvalue weighted by Gasteiger charge is 2.48. The molecule has 2 saturated heterocycles. The Kier molecular flexibility index (Phi) is 4.20. The Bertz CT molecular complexity index is 915. The summed E-state index contributed by atoms with van der Waals surface area (Å²) in [5.74, 6) is -0.970. The van der Waals surface area contributed by atoms with Gasteiger partial charge in [-0.1, -0.05) is 6.07 Å². The molecule has 29 heavy (non-hydrogen) atoms. The van der Waals surface area contributed by atoms with Crippen molar-refractivity contribution >= 4 is 29.2 Å². The quantitative estimate of drug-likeness (QED) is 0.627. The van der Waals surface area contributed by atoms with E-state index in [-0.39, 0.29) is 24.3 Å². The highest BCUT2D eigenvalue weighted by atomic mass is 16.2. The first-order chi connectivity index (χ1) is 14.0. The number of imide groups is 1. The van der Waals surface area contributed by atoms with Crippen LogP contribution in [0.15, 0.2) is 18.2 Å². The summed E-state index contributed by atoms with van der Waals surface area (Å²) in [6, 6.07) is 4.06. The maximum atomic E-state index is 13.0. The maximum Gasteiger partial charge on any atom is 0.264 e. The largest absolute Gasteiger partial charge is 0.384 e. The lowest BCUT2D eigenvalue weighted by molar-refractivity contribution is -0.133. The predicted octanol–water partition coefficient (Wildman–Crippen LogP) is 0.542. The molecule has 5 rings (SSSR count). The number of carbonyl (C=O) groups excluding carboxylic acids is 4. The SMILES string of the molecule is O=C1CNC(=O)C(N2C(=O)c3cccc(NCCC4CC5(CNC5)C4)c3C2=O)C1. The second kappa shape index (κ2) is 6.66. The van der Waals surface area contributed by atoms with Gasteiger partial charge in [0.25, 0.3) is 11.8 Å². The van der Waals surface area contributed by atoms with Gasteiger partial charge in [-0.15, -0.1) is 0 Å². The van der Waals surface area contributed by atoms with Crippen molar-refractivity contribution in [2.24, 2.45) is 11.3 Å². The van der Waals surface area contributed by atoms with Gasteiger partial charge in [0.2, 0.25) is 5.91 Å². The van der Waals surface area contributed by atoms with Crippen molar-refractivity contribution in [3.63, 3.8) is 0 Å². The normalized spacial score (nSPS) is 25.5. The summed E-state index contributed by atoms with van der Waals surface area (Å²) in [6.07, 6.45) is 3.41. The zero-order valence-electron chi connectivity index (χ0n) is 16.1. The van der Waals surface area contributed by atoms with Gasteiger partial charge in [-0.2, -0.15) is 0 Å². The number of ketones is 1. The molecule has 1 unspecified atom stereocenters. The molecule has 3 fully saturated rings. The Morgan fingerprint density at radius 1 is 1.10 bits per heavy atom. The molecule has 3 N–H and O–H groups in total. The summed E-state index contributed by atoms with van der Waals surface area (Å²) in [6.45, 7) is 2.94. The molecular weight excluding hydrogens is 372 g/mol. The lowest BCUT2D eigenvalue weighted by Gasteiger charge is -2.54. The van der Waals surface area contributed by atoms with Crippen molar-refractivity contribution in [1.82, 2.24) is 15.5 Å². The van der Waals surface area contributed by atoms with Gasteiger partial charge in [-0.3, -0.25) is 24.1 Å². The van der Waals surface area contributed by atoms with E-state index in [0.717, 1.165) is 31.0 Å². The highest BCUT2D eigenvalue weighted by Crippen LogP contribution is 2.49. The molecule has 3 amide bonds. The number of piperidine rings is 1. The fraction of sp³-hybridized carbons (Fsp3) is 0.524. The molecule has 3 heterocycles. The molecule has 1 saturated carbocycles. The Morgan fingerprint density at radius 3 is 2.62 bits per heavy atom. The van der Waals surface area contributed by atoms with Gasteiger partial charge in [0.05, 0.1) is 17.7 Å². The first-order valence-corrected chi connectivity index (χ1v) is 10.2. The number of hydrogen-bond acceptors (Lipinski definition) is 6. The Hall–Kier alpha value is -2.74. The Labute approximate surface area is 168 Å². The fourth-order valence-corrected chi connectivity index (χ4v) is 5.17. The van der Waals surface area contributed by atoms with E-state index in [9.17, 15) is 19.2 Å². The number of carbonyl (C=O) groups is 4. The molecule has 1 aliphatic carbocycles. The lowest BCUT2D eigenvalue weighted by atomic mass is 9.58. The van der Waals surface area contributed by atoms with Gasteiger partial charge in [0, 0.05) is 31.7 Å². The smallest absolute Gasteiger partial charge is 0.264 e. The van der Waals surface area contributed by atoms with E-state index >= 15 is 0 Å². The summed E-state index contributed by atoms with van der Waals surface area (Å²) < 4.78 is 0. The van der Waals surface area contributed by atoms with E-state index in [0.29, 0.717) is 22.6 Å². The molecule has 4 aliphatic rings. The number of amides is 3. The highest BCUT2D eigenvalue weighted by molar-refractivity contribution is 6.25.